The molecular weight excluding hydrogens is 532 g/mol. The molecule has 0 saturated heterocycles. The first kappa shape index (κ1) is 31.4. The summed E-state index contributed by atoms with van der Waals surface area (Å²) in [6, 6.07) is 2.69. The van der Waals surface area contributed by atoms with Crippen molar-refractivity contribution in [3.05, 3.63) is 42.1 Å². The Morgan fingerprint density at radius 1 is 1.23 bits per heavy atom. The molecule has 2 atom stereocenters. The second-order valence-electron chi connectivity index (χ2n) is 11.6. The van der Waals surface area contributed by atoms with Crippen LogP contribution in [-0.2, 0) is 14.0 Å². The van der Waals surface area contributed by atoms with E-state index in [4.69, 9.17) is 23.7 Å². The maximum Gasteiger partial charge on any atom is 0.416 e. The lowest BCUT2D eigenvalue weighted by Gasteiger charge is -2.44. The number of Topliss-reactive ketones (excluding diaryl/α,β-unsaturated/α-hetero) is 1. The Hall–Kier alpha value is -3.15. The molecule has 1 aromatic carbocycles. The van der Waals surface area contributed by atoms with E-state index >= 15 is 0 Å². The van der Waals surface area contributed by atoms with E-state index in [1.54, 1.807) is 17.0 Å². The van der Waals surface area contributed by atoms with Gasteiger partial charge in [0.15, 0.2) is 31.8 Å². The number of fused-ring (bicyclic) bond motifs is 2. The van der Waals surface area contributed by atoms with Crippen LogP contribution in [0.3, 0.4) is 0 Å². The largest absolute Gasteiger partial charge is 0.493 e. The van der Waals surface area contributed by atoms with E-state index in [2.05, 4.69) is 40.4 Å². The number of nitrogens with zero attached hydrogens (tertiary/aromatic N) is 2. The fourth-order valence-corrected chi connectivity index (χ4v) is 5.66. The molecule has 0 bridgehead atoms. The van der Waals surface area contributed by atoms with Crippen LogP contribution < -0.4 is 14.4 Å². The topological polar surface area (TPSA) is 115 Å². The van der Waals surface area contributed by atoms with Crippen molar-refractivity contribution in [3.63, 3.8) is 0 Å². The number of aliphatic hydroxyl groups excluding tert-OH is 1. The molecular formula is C29H42N2O8Si. The first-order valence-corrected chi connectivity index (χ1v) is 16.4. The van der Waals surface area contributed by atoms with Gasteiger partial charge in [-0.05, 0) is 44.0 Å². The zero-order chi connectivity index (χ0) is 29.8. The lowest BCUT2D eigenvalue weighted by atomic mass is 10.1. The number of aliphatic hydroxyl groups is 1. The second-order valence-corrected chi connectivity index (χ2v) is 16.4. The van der Waals surface area contributed by atoms with Crippen LogP contribution in [0.25, 0.3) is 0 Å². The summed E-state index contributed by atoms with van der Waals surface area (Å²) in [5.74, 6) is 0.0268. The van der Waals surface area contributed by atoms with Gasteiger partial charge in [0.25, 0.3) is 5.91 Å². The van der Waals surface area contributed by atoms with Crippen molar-refractivity contribution >= 4 is 31.8 Å². The number of amides is 2. The molecule has 1 aromatic rings. The van der Waals surface area contributed by atoms with E-state index in [1.807, 2.05) is 13.1 Å². The van der Waals surface area contributed by atoms with Crippen molar-refractivity contribution in [2.45, 2.75) is 77.4 Å². The van der Waals surface area contributed by atoms with E-state index in [0.29, 0.717) is 24.3 Å². The van der Waals surface area contributed by atoms with Crippen LogP contribution in [0.1, 0.15) is 57.3 Å². The minimum Gasteiger partial charge on any atom is -0.493 e. The Morgan fingerprint density at radius 3 is 2.52 bits per heavy atom. The number of carbonyl (C=O) groups excluding carboxylic acids is 3. The molecule has 0 fully saturated rings. The number of hydrogen-bond donors (Lipinski definition) is 1. The standard InChI is InChI=1S/C29H42N2O8Si/c1-9-12-38-28(35)31-22-16-25(37-13-10-11-20(33)18-32)24(36-6)15-21(22)26(34)30-17-19(2)14-23(30)27(31)39-40(7,8)29(3,4)5/h9,15-17,23,27,32H,1,10-14,18H2,2-8H3/t23-,27-/m0/s1. The summed E-state index contributed by atoms with van der Waals surface area (Å²) in [5.41, 5.74) is 1.52. The minimum absolute atomic E-state index is 0.0184. The number of rotatable bonds is 11. The van der Waals surface area contributed by atoms with Crippen molar-refractivity contribution in [2.75, 3.05) is 31.8 Å². The number of methoxy groups -OCH3 is 1. The molecule has 2 aliphatic rings. The molecule has 0 unspecified atom stereocenters. The molecule has 2 aliphatic heterocycles. The molecule has 0 spiro atoms. The van der Waals surface area contributed by atoms with Gasteiger partial charge in [-0.2, -0.15) is 0 Å². The first-order chi connectivity index (χ1) is 18.7. The van der Waals surface area contributed by atoms with Crippen LogP contribution in [0.4, 0.5) is 10.5 Å². The molecule has 1 N–H and O–H groups in total. The van der Waals surface area contributed by atoms with Gasteiger partial charge >= 0.3 is 6.09 Å². The van der Waals surface area contributed by atoms with Gasteiger partial charge in [-0.1, -0.05) is 39.0 Å². The lowest BCUT2D eigenvalue weighted by molar-refractivity contribution is -0.121. The molecule has 220 valence electrons. The van der Waals surface area contributed by atoms with E-state index in [1.165, 1.54) is 18.1 Å². The van der Waals surface area contributed by atoms with E-state index in [0.717, 1.165) is 5.57 Å². The molecule has 0 aliphatic carbocycles. The smallest absolute Gasteiger partial charge is 0.416 e. The minimum atomic E-state index is -2.47. The third-order valence-electron chi connectivity index (χ3n) is 7.61. The maximum absolute atomic E-state index is 14.0. The Labute approximate surface area is 237 Å². The SMILES string of the molecule is C=CCOC(=O)N1c2cc(OCCCC(=O)CO)c(OC)cc2C(=O)N2C=C(C)C[C@H]2[C@@H]1O[Si](C)(C)C(C)(C)C. The molecule has 10 nitrogen and oxygen atoms in total. The van der Waals surface area contributed by atoms with Gasteiger partial charge in [-0.3, -0.25) is 9.59 Å². The fourth-order valence-electron chi connectivity index (χ4n) is 4.44. The summed E-state index contributed by atoms with van der Waals surface area (Å²) in [6.45, 7) is 15.8. The van der Waals surface area contributed by atoms with Gasteiger partial charge in [-0.25, -0.2) is 9.69 Å². The average Bonchev–Trinajstić information content (AvgIpc) is 3.26. The summed E-state index contributed by atoms with van der Waals surface area (Å²) >= 11 is 0. The summed E-state index contributed by atoms with van der Waals surface area (Å²) in [5, 5.41) is 8.81. The van der Waals surface area contributed by atoms with Gasteiger partial charge in [0.05, 0.1) is 31.0 Å². The number of hydrogen-bond acceptors (Lipinski definition) is 8. The maximum atomic E-state index is 14.0. The average molecular weight is 575 g/mol. The molecule has 2 amide bonds. The van der Waals surface area contributed by atoms with E-state index in [9.17, 15) is 14.4 Å². The van der Waals surface area contributed by atoms with Gasteiger partial charge in [0, 0.05) is 18.7 Å². The van der Waals surface area contributed by atoms with Crippen LogP contribution >= 0.6 is 0 Å². The molecule has 3 rings (SSSR count). The van der Waals surface area contributed by atoms with Crippen molar-refractivity contribution in [1.29, 1.82) is 0 Å². The fraction of sp³-hybridized carbons (Fsp3) is 0.552. The van der Waals surface area contributed by atoms with Crippen LogP contribution in [0.15, 0.2) is 36.6 Å². The van der Waals surface area contributed by atoms with Gasteiger partial charge in [0.2, 0.25) is 0 Å². The number of ether oxygens (including phenoxy) is 3. The van der Waals surface area contributed by atoms with Gasteiger partial charge in [-0.15, -0.1) is 0 Å². The molecule has 0 saturated carbocycles. The summed E-state index contributed by atoms with van der Waals surface area (Å²) in [4.78, 5) is 42.3. The highest BCUT2D eigenvalue weighted by molar-refractivity contribution is 6.74. The van der Waals surface area contributed by atoms with E-state index in [-0.39, 0.29) is 47.6 Å². The Bertz CT molecular complexity index is 1170. The lowest BCUT2D eigenvalue weighted by Crippen LogP contribution is -2.57. The monoisotopic (exact) mass is 574 g/mol. The summed E-state index contributed by atoms with van der Waals surface area (Å²) in [7, 11) is -1.00. The van der Waals surface area contributed by atoms with Crippen molar-refractivity contribution in [2.24, 2.45) is 0 Å². The third-order valence-corrected chi connectivity index (χ3v) is 12.1. The third kappa shape index (κ3) is 6.59. The normalized spacial score (nSPS) is 18.9. The Morgan fingerprint density at radius 2 is 1.93 bits per heavy atom. The highest BCUT2D eigenvalue weighted by Gasteiger charge is 2.50. The van der Waals surface area contributed by atoms with Crippen molar-refractivity contribution in [1.82, 2.24) is 4.90 Å². The molecule has 0 radical (unpaired) electrons. The predicted molar refractivity (Wildman–Crippen MR) is 154 cm³/mol. The van der Waals surface area contributed by atoms with Crippen molar-refractivity contribution < 1.29 is 38.1 Å². The number of ketones is 1. The molecule has 0 aromatic heterocycles. The highest BCUT2D eigenvalue weighted by atomic mass is 28.4. The Balaban J connectivity index is 2.17. The summed E-state index contributed by atoms with van der Waals surface area (Å²) in [6.07, 6.45) is 2.85. The molecule has 11 heteroatoms. The van der Waals surface area contributed by atoms with Crippen LogP contribution in [0, 0.1) is 0 Å². The number of carbonyl (C=O) groups is 3. The number of anilines is 1. The first-order valence-electron chi connectivity index (χ1n) is 13.5. The van der Waals surface area contributed by atoms with Gasteiger partial charge in [0.1, 0.15) is 13.2 Å². The highest BCUT2D eigenvalue weighted by Crippen LogP contribution is 2.45. The molecule has 2 heterocycles. The van der Waals surface area contributed by atoms with Crippen molar-refractivity contribution in [3.8, 4) is 11.5 Å². The predicted octanol–water partition coefficient (Wildman–Crippen LogP) is 5.02. The quantitative estimate of drug-likeness (QED) is 0.223. The van der Waals surface area contributed by atoms with Crippen LogP contribution in [0.5, 0.6) is 11.5 Å². The second kappa shape index (κ2) is 12.6. The van der Waals surface area contributed by atoms with Crippen LogP contribution in [0.2, 0.25) is 18.1 Å². The van der Waals surface area contributed by atoms with Gasteiger partial charge < -0.3 is 28.6 Å². The number of benzene rings is 1. The van der Waals surface area contributed by atoms with E-state index < -0.39 is 33.3 Å². The Kier molecular flexibility index (Phi) is 9.86. The van der Waals surface area contributed by atoms with Crippen LogP contribution in [-0.4, -0.2) is 75.3 Å². The zero-order valence-corrected chi connectivity index (χ0v) is 25.6. The summed E-state index contributed by atoms with van der Waals surface area (Å²) < 4.78 is 24.0. The molecule has 40 heavy (non-hydrogen) atoms. The zero-order valence-electron chi connectivity index (χ0n) is 24.6.